The van der Waals surface area contributed by atoms with Gasteiger partial charge in [0.05, 0.1) is 16.3 Å². The number of carbonyl (C=O) groups excluding carboxylic acids is 1. The minimum atomic E-state index is -0.570. The zero-order chi connectivity index (χ0) is 25.7. The molecule has 0 amide bonds. The number of esters is 1. The molecular weight excluding hydrogens is 497 g/mol. The molecule has 1 spiro atoms. The molecule has 2 aliphatic carbocycles. The second kappa shape index (κ2) is 9.85. The Kier molecular flexibility index (Phi) is 7.08. The summed E-state index contributed by atoms with van der Waals surface area (Å²) in [5, 5.41) is 10.0. The number of thioether (sulfide) groups is 1. The molecule has 3 atom stereocenters. The number of aliphatic hydroxyl groups is 1. The molecule has 0 unspecified atom stereocenters. The minimum Gasteiger partial charge on any atom is -0.456 e. The predicted molar refractivity (Wildman–Crippen MR) is 144 cm³/mol. The van der Waals surface area contributed by atoms with E-state index in [0.29, 0.717) is 23.8 Å². The predicted octanol–water partition coefficient (Wildman–Crippen LogP) is 6.64. The third kappa shape index (κ3) is 4.89. The maximum absolute atomic E-state index is 15.1. The molecule has 0 radical (unpaired) electrons. The van der Waals surface area contributed by atoms with Crippen molar-refractivity contribution < 1.29 is 19.0 Å². The quantitative estimate of drug-likeness (QED) is 0.448. The van der Waals surface area contributed by atoms with Gasteiger partial charge in [-0.3, -0.25) is 0 Å². The van der Waals surface area contributed by atoms with Crippen molar-refractivity contribution in [2.45, 2.75) is 68.8 Å². The summed E-state index contributed by atoms with van der Waals surface area (Å²) >= 11 is 7.96. The Morgan fingerprint density at radius 3 is 2.72 bits per heavy atom. The van der Waals surface area contributed by atoms with Crippen molar-refractivity contribution in [3.63, 3.8) is 0 Å². The number of halogens is 2. The molecule has 1 fully saturated rings. The highest BCUT2D eigenvalue weighted by Gasteiger charge is 2.43. The van der Waals surface area contributed by atoms with Gasteiger partial charge in [-0.1, -0.05) is 17.7 Å². The Morgan fingerprint density at radius 2 is 2.03 bits per heavy atom. The number of hydrogen-bond donors (Lipinski definition) is 1. The molecular formula is C29H35ClFNO3S. The highest BCUT2D eigenvalue weighted by Crippen LogP contribution is 2.49. The van der Waals surface area contributed by atoms with Crippen molar-refractivity contribution in [2.24, 2.45) is 11.8 Å². The SMILES string of the molecule is CC(C)(C)OC(=O)c1ccc2c(c1)N(C[C@@H]1CC[C@H]1CO)C[C@@]1(CCCc3c1ccc(Cl)c3F)CS2. The second-order valence-corrected chi connectivity index (χ2v) is 13.1. The summed E-state index contributed by atoms with van der Waals surface area (Å²) < 4.78 is 20.8. The molecule has 1 heterocycles. The van der Waals surface area contributed by atoms with Gasteiger partial charge in [0.1, 0.15) is 11.4 Å². The van der Waals surface area contributed by atoms with Crippen LogP contribution in [0.5, 0.6) is 0 Å². The molecule has 3 aliphatic rings. The van der Waals surface area contributed by atoms with Gasteiger partial charge in [0.25, 0.3) is 0 Å². The number of fused-ring (bicyclic) bond motifs is 3. The number of aliphatic hydroxyl groups excluding tert-OH is 1. The van der Waals surface area contributed by atoms with Crippen molar-refractivity contribution in [3.8, 4) is 0 Å². The number of nitrogens with zero attached hydrogens (tertiary/aromatic N) is 1. The molecule has 2 aromatic rings. The van der Waals surface area contributed by atoms with E-state index in [9.17, 15) is 9.90 Å². The van der Waals surface area contributed by atoms with Crippen LogP contribution in [0, 0.1) is 17.7 Å². The Bertz CT molecular complexity index is 1160. The first-order valence-electron chi connectivity index (χ1n) is 12.9. The number of hydrogen-bond acceptors (Lipinski definition) is 5. The van der Waals surface area contributed by atoms with Crippen LogP contribution in [0.3, 0.4) is 0 Å². The fourth-order valence-corrected chi connectivity index (χ4v) is 7.51. The molecule has 1 aliphatic heterocycles. The van der Waals surface area contributed by atoms with Gasteiger partial charge in [-0.25, -0.2) is 9.18 Å². The maximum Gasteiger partial charge on any atom is 0.338 e. The second-order valence-electron chi connectivity index (χ2n) is 11.7. The third-order valence-electron chi connectivity index (χ3n) is 8.05. The van der Waals surface area contributed by atoms with Crippen LogP contribution < -0.4 is 4.90 Å². The molecule has 194 valence electrons. The average molecular weight is 532 g/mol. The molecule has 1 N–H and O–H groups in total. The molecule has 2 aromatic carbocycles. The highest BCUT2D eigenvalue weighted by molar-refractivity contribution is 7.99. The van der Waals surface area contributed by atoms with Crippen LogP contribution in [-0.2, 0) is 16.6 Å². The van der Waals surface area contributed by atoms with E-state index >= 15 is 4.39 Å². The lowest BCUT2D eigenvalue weighted by Gasteiger charge is -2.45. The van der Waals surface area contributed by atoms with Crippen molar-refractivity contribution in [2.75, 3.05) is 30.3 Å². The largest absolute Gasteiger partial charge is 0.456 e. The zero-order valence-electron chi connectivity index (χ0n) is 21.3. The first-order valence-corrected chi connectivity index (χ1v) is 14.3. The topological polar surface area (TPSA) is 49.8 Å². The molecule has 0 bridgehead atoms. The number of benzene rings is 2. The van der Waals surface area contributed by atoms with Gasteiger partial charge in [0, 0.05) is 35.8 Å². The summed E-state index contributed by atoms with van der Waals surface area (Å²) in [4.78, 5) is 16.4. The Labute approximate surface area is 222 Å². The lowest BCUT2D eigenvalue weighted by atomic mass is 9.69. The van der Waals surface area contributed by atoms with Crippen molar-refractivity contribution in [1.82, 2.24) is 0 Å². The van der Waals surface area contributed by atoms with Crippen LogP contribution in [-0.4, -0.2) is 42.1 Å². The van der Waals surface area contributed by atoms with Gasteiger partial charge in [-0.15, -0.1) is 11.8 Å². The Balaban J connectivity index is 1.55. The van der Waals surface area contributed by atoms with E-state index in [0.717, 1.165) is 66.2 Å². The van der Waals surface area contributed by atoms with E-state index in [4.69, 9.17) is 16.3 Å². The first kappa shape index (κ1) is 25.9. The van der Waals surface area contributed by atoms with Crippen LogP contribution in [0.25, 0.3) is 0 Å². The van der Waals surface area contributed by atoms with Crippen LogP contribution >= 0.6 is 23.4 Å². The smallest absolute Gasteiger partial charge is 0.338 e. The summed E-state index contributed by atoms with van der Waals surface area (Å²) in [5.74, 6) is 0.941. The Hall–Kier alpha value is -1.76. The summed E-state index contributed by atoms with van der Waals surface area (Å²) in [7, 11) is 0. The monoisotopic (exact) mass is 531 g/mol. The van der Waals surface area contributed by atoms with E-state index < -0.39 is 5.60 Å². The van der Waals surface area contributed by atoms with E-state index in [1.165, 1.54) is 0 Å². The van der Waals surface area contributed by atoms with Crippen LogP contribution in [0.4, 0.5) is 10.1 Å². The van der Waals surface area contributed by atoms with Gasteiger partial charge in [0.2, 0.25) is 0 Å². The van der Waals surface area contributed by atoms with Gasteiger partial charge in [-0.05, 0) is 100 Å². The first-order chi connectivity index (χ1) is 17.1. The van der Waals surface area contributed by atoms with Crippen LogP contribution in [0.2, 0.25) is 5.02 Å². The lowest BCUT2D eigenvalue weighted by Crippen LogP contribution is -2.48. The molecule has 0 aromatic heterocycles. The van der Waals surface area contributed by atoms with Crippen molar-refractivity contribution in [1.29, 1.82) is 0 Å². The Morgan fingerprint density at radius 1 is 1.25 bits per heavy atom. The van der Waals surface area contributed by atoms with Crippen molar-refractivity contribution in [3.05, 3.63) is 57.9 Å². The molecule has 7 heteroatoms. The number of carbonyl (C=O) groups is 1. The normalized spacial score (nSPS) is 25.6. The van der Waals surface area contributed by atoms with E-state index in [1.54, 1.807) is 17.8 Å². The van der Waals surface area contributed by atoms with Gasteiger partial charge in [-0.2, -0.15) is 0 Å². The fourth-order valence-electron chi connectivity index (χ4n) is 6.01. The standard InChI is InChI=1S/C29H35ClFNO3S/c1-28(2,3)35-27(34)18-8-11-25-24(13-18)32(14-19-6-7-20(19)15-33)16-29(17-36-25)12-4-5-21-22(29)9-10-23(30)26(21)31/h8-11,13,19-20,33H,4-7,12,14-17H2,1-3H3/t19-,20-,29-/m0/s1. The van der Waals surface area contributed by atoms with Gasteiger partial charge in [0.15, 0.2) is 0 Å². The van der Waals surface area contributed by atoms with Crippen molar-refractivity contribution >= 4 is 35.0 Å². The lowest BCUT2D eigenvalue weighted by molar-refractivity contribution is 0.00694. The molecule has 1 saturated carbocycles. The zero-order valence-corrected chi connectivity index (χ0v) is 22.9. The highest BCUT2D eigenvalue weighted by atomic mass is 35.5. The minimum absolute atomic E-state index is 0.189. The molecule has 5 rings (SSSR count). The number of rotatable bonds is 4. The average Bonchev–Trinajstić information content (AvgIpc) is 2.96. The fraction of sp³-hybridized carbons (Fsp3) is 0.552. The summed E-state index contributed by atoms with van der Waals surface area (Å²) in [6.07, 6.45) is 4.74. The van der Waals surface area contributed by atoms with E-state index in [1.807, 2.05) is 45.0 Å². The van der Waals surface area contributed by atoms with E-state index in [2.05, 4.69) is 4.90 Å². The summed E-state index contributed by atoms with van der Waals surface area (Å²) in [6.45, 7) is 7.38. The summed E-state index contributed by atoms with van der Waals surface area (Å²) in [5.41, 5.74) is 2.62. The maximum atomic E-state index is 15.1. The summed E-state index contributed by atoms with van der Waals surface area (Å²) in [6, 6.07) is 9.57. The van der Waals surface area contributed by atoms with Crippen LogP contribution in [0.15, 0.2) is 35.2 Å². The van der Waals surface area contributed by atoms with E-state index in [-0.39, 0.29) is 28.8 Å². The molecule has 4 nitrogen and oxygen atoms in total. The van der Waals surface area contributed by atoms with Crippen LogP contribution in [0.1, 0.15) is 67.9 Å². The number of ether oxygens (including phenoxy) is 1. The molecule has 0 saturated heterocycles. The molecule has 36 heavy (non-hydrogen) atoms. The van der Waals surface area contributed by atoms with Gasteiger partial charge < -0.3 is 14.7 Å². The third-order valence-corrected chi connectivity index (χ3v) is 9.69. The van der Waals surface area contributed by atoms with Gasteiger partial charge >= 0.3 is 5.97 Å². The number of anilines is 1.